The maximum Gasteiger partial charge on any atom is 0.339 e. The molecule has 2 aromatic rings. The number of nitrogens with zero attached hydrogens (tertiary/aromatic N) is 2. The van der Waals surface area contributed by atoms with Crippen LogP contribution in [0, 0.1) is 13.8 Å². The molecule has 2 aromatic heterocycles. The lowest BCUT2D eigenvalue weighted by atomic mass is 10.1. The van der Waals surface area contributed by atoms with Gasteiger partial charge in [-0.3, -0.25) is 0 Å². The summed E-state index contributed by atoms with van der Waals surface area (Å²) >= 11 is 0. The van der Waals surface area contributed by atoms with E-state index in [0.29, 0.717) is 5.52 Å². The summed E-state index contributed by atoms with van der Waals surface area (Å²) in [6.07, 6.45) is 3.15. The van der Waals surface area contributed by atoms with E-state index in [1.54, 1.807) is 10.7 Å². The molecule has 0 aliphatic heterocycles. The molecule has 14 heavy (non-hydrogen) atoms. The van der Waals surface area contributed by atoms with Gasteiger partial charge in [0.25, 0.3) is 0 Å². The molecule has 0 saturated carbocycles. The molecule has 1 N–H and O–H groups in total. The second-order valence-electron chi connectivity index (χ2n) is 3.28. The van der Waals surface area contributed by atoms with Gasteiger partial charge in [0.1, 0.15) is 5.56 Å². The van der Waals surface area contributed by atoms with Gasteiger partial charge in [0.2, 0.25) is 0 Å². The average Bonchev–Trinajstić information content (AvgIpc) is 2.55. The van der Waals surface area contributed by atoms with Crippen LogP contribution in [0.3, 0.4) is 0 Å². The zero-order valence-electron chi connectivity index (χ0n) is 7.98. The first-order valence-electron chi connectivity index (χ1n) is 4.28. The lowest BCUT2D eigenvalue weighted by Gasteiger charge is -2.02. The Morgan fingerprint density at radius 2 is 2.21 bits per heavy atom. The summed E-state index contributed by atoms with van der Waals surface area (Å²) in [6.45, 7) is 3.85. The fourth-order valence-electron chi connectivity index (χ4n) is 1.50. The van der Waals surface area contributed by atoms with E-state index in [0.717, 1.165) is 11.1 Å². The van der Waals surface area contributed by atoms with Crippen LogP contribution < -0.4 is 0 Å². The maximum atomic E-state index is 10.9. The summed E-state index contributed by atoms with van der Waals surface area (Å²) < 4.78 is 1.59. The highest BCUT2D eigenvalue weighted by atomic mass is 16.4. The normalized spacial score (nSPS) is 10.7. The SMILES string of the molecule is Cc1ccn2ncc(C(=O)O)c2c1C. The molecule has 0 saturated heterocycles. The van der Waals surface area contributed by atoms with Crippen molar-refractivity contribution in [1.82, 2.24) is 9.61 Å². The van der Waals surface area contributed by atoms with Crippen LogP contribution in [-0.4, -0.2) is 20.7 Å². The Hall–Kier alpha value is -1.84. The van der Waals surface area contributed by atoms with Crippen molar-refractivity contribution in [2.45, 2.75) is 13.8 Å². The molecule has 0 radical (unpaired) electrons. The molecular formula is C10H10N2O2. The van der Waals surface area contributed by atoms with Gasteiger partial charge >= 0.3 is 5.97 Å². The molecule has 2 rings (SSSR count). The first-order valence-corrected chi connectivity index (χ1v) is 4.28. The maximum absolute atomic E-state index is 10.9. The number of hydrogen-bond donors (Lipinski definition) is 1. The van der Waals surface area contributed by atoms with E-state index in [1.165, 1.54) is 6.20 Å². The highest BCUT2D eigenvalue weighted by molar-refractivity contribution is 5.96. The third kappa shape index (κ3) is 1.08. The number of aromatic nitrogens is 2. The van der Waals surface area contributed by atoms with Crippen LogP contribution in [-0.2, 0) is 0 Å². The van der Waals surface area contributed by atoms with Crippen molar-refractivity contribution < 1.29 is 9.90 Å². The fourth-order valence-corrected chi connectivity index (χ4v) is 1.50. The molecule has 4 nitrogen and oxygen atoms in total. The summed E-state index contributed by atoms with van der Waals surface area (Å²) in [5.41, 5.74) is 2.96. The van der Waals surface area contributed by atoms with Crippen molar-refractivity contribution in [3.63, 3.8) is 0 Å². The Morgan fingerprint density at radius 3 is 2.86 bits per heavy atom. The molecule has 0 spiro atoms. The molecule has 2 heterocycles. The highest BCUT2D eigenvalue weighted by Gasteiger charge is 2.13. The van der Waals surface area contributed by atoms with Crippen molar-refractivity contribution in [1.29, 1.82) is 0 Å². The first-order chi connectivity index (χ1) is 6.61. The number of aromatic carboxylic acids is 1. The Labute approximate surface area is 80.8 Å². The average molecular weight is 190 g/mol. The number of pyridine rings is 1. The van der Waals surface area contributed by atoms with Crippen LogP contribution in [0.1, 0.15) is 21.5 Å². The van der Waals surface area contributed by atoms with Crippen LogP contribution in [0.4, 0.5) is 0 Å². The van der Waals surface area contributed by atoms with Crippen LogP contribution in [0.25, 0.3) is 5.52 Å². The van der Waals surface area contributed by atoms with Gasteiger partial charge < -0.3 is 5.11 Å². The summed E-state index contributed by atoms with van der Waals surface area (Å²) in [5.74, 6) is -0.936. The van der Waals surface area contributed by atoms with E-state index in [1.807, 2.05) is 19.9 Å². The van der Waals surface area contributed by atoms with Crippen LogP contribution in [0.2, 0.25) is 0 Å². The van der Waals surface area contributed by atoms with E-state index in [-0.39, 0.29) is 5.56 Å². The van der Waals surface area contributed by atoms with Crippen molar-refractivity contribution in [3.8, 4) is 0 Å². The molecule has 0 aliphatic carbocycles. The standard InChI is InChI=1S/C10H10N2O2/c1-6-3-4-12-9(7(6)2)8(5-11-12)10(13)14/h3-5H,1-2H3,(H,13,14). The minimum atomic E-state index is -0.936. The number of rotatable bonds is 1. The predicted octanol–water partition coefficient (Wildman–Crippen LogP) is 1.65. The second kappa shape index (κ2) is 2.83. The molecule has 0 aromatic carbocycles. The smallest absolute Gasteiger partial charge is 0.339 e. The Bertz CT molecular complexity index is 514. The fraction of sp³-hybridized carbons (Fsp3) is 0.200. The molecule has 0 atom stereocenters. The number of fused-ring (bicyclic) bond motifs is 1. The molecule has 0 amide bonds. The molecule has 0 bridgehead atoms. The van der Waals surface area contributed by atoms with Crippen molar-refractivity contribution in [2.24, 2.45) is 0 Å². The Kier molecular flexibility index (Phi) is 1.77. The minimum absolute atomic E-state index is 0.256. The van der Waals surface area contributed by atoms with Gasteiger partial charge in [-0.15, -0.1) is 0 Å². The highest BCUT2D eigenvalue weighted by Crippen LogP contribution is 2.18. The van der Waals surface area contributed by atoms with Crippen LogP contribution in [0.5, 0.6) is 0 Å². The quantitative estimate of drug-likeness (QED) is 0.743. The van der Waals surface area contributed by atoms with Crippen molar-refractivity contribution in [3.05, 3.63) is 35.2 Å². The van der Waals surface area contributed by atoms with E-state index in [4.69, 9.17) is 5.11 Å². The van der Waals surface area contributed by atoms with E-state index in [2.05, 4.69) is 5.10 Å². The zero-order valence-corrected chi connectivity index (χ0v) is 7.98. The van der Waals surface area contributed by atoms with E-state index >= 15 is 0 Å². The lowest BCUT2D eigenvalue weighted by molar-refractivity contribution is 0.0699. The predicted molar refractivity (Wildman–Crippen MR) is 51.6 cm³/mol. The third-order valence-electron chi connectivity index (χ3n) is 2.44. The topological polar surface area (TPSA) is 54.6 Å². The number of carbonyl (C=O) groups is 1. The monoisotopic (exact) mass is 190 g/mol. The largest absolute Gasteiger partial charge is 0.478 e. The number of carboxylic acids is 1. The lowest BCUT2D eigenvalue weighted by Crippen LogP contribution is -1.98. The zero-order chi connectivity index (χ0) is 10.3. The van der Waals surface area contributed by atoms with Gasteiger partial charge in [0.15, 0.2) is 0 Å². The first kappa shape index (κ1) is 8.74. The van der Waals surface area contributed by atoms with Crippen LogP contribution in [0.15, 0.2) is 18.5 Å². The van der Waals surface area contributed by atoms with Gasteiger partial charge in [-0.1, -0.05) is 0 Å². The van der Waals surface area contributed by atoms with Crippen molar-refractivity contribution in [2.75, 3.05) is 0 Å². The molecule has 72 valence electrons. The van der Waals surface area contributed by atoms with Gasteiger partial charge in [-0.25, -0.2) is 9.31 Å². The van der Waals surface area contributed by atoms with E-state index < -0.39 is 5.97 Å². The molecule has 0 unspecified atom stereocenters. The van der Waals surface area contributed by atoms with Gasteiger partial charge in [-0.05, 0) is 31.0 Å². The van der Waals surface area contributed by atoms with Crippen LogP contribution >= 0.6 is 0 Å². The molecular weight excluding hydrogens is 180 g/mol. The third-order valence-corrected chi connectivity index (χ3v) is 2.44. The van der Waals surface area contributed by atoms with Gasteiger partial charge in [0, 0.05) is 6.20 Å². The number of hydrogen-bond acceptors (Lipinski definition) is 2. The summed E-state index contributed by atoms with van der Waals surface area (Å²) in [5, 5.41) is 12.9. The molecule has 0 aliphatic rings. The summed E-state index contributed by atoms with van der Waals surface area (Å²) in [7, 11) is 0. The summed E-state index contributed by atoms with van der Waals surface area (Å²) in [6, 6.07) is 1.92. The minimum Gasteiger partial charge on any atom is -0.478 e. The molecule has 4 heteroatoms. The van der Waals surface area contributed by atoms with Crippen molar-refractivity contribution >= 4 is 11.5 Å². The summed E-state index contributed by atoms with van der Waals surface area (Å²) in [4.78, 5) is 10.9. The second-order valence-corrected chi connectivity index (χ2v) is 3.28. The van der Waals surface area contributed by atoms with Gasteiger partial charge in [0.05, 0.1) is 11.7 Å². The van der Waals surface area contributed by atoms with E-state index in [9.17, 15) is 4.79 Å². The number of carboxylic acid groups (broad SMARTS) is 1. The number of aryl methyl sites for hydroxylation is 2. The Morgan fingerprint density at radius 1 is 1.50 bits per heavy atom. The molecule has 0 fully saturated rings. The Balaban J connectivity index is 2.89. The van der Waals surface area contributed by atoms with Gasteiger partial charge in [-0.2, -0.15) is 5.10 Å².